The van der Waals surface area contributed by atoms with Crippen LogP contribution in [0.2, 0.25) is 0 Å². The van der Waals surface area contributed by atoms with E-state index in [0.717, 1.165) is 41.3 Å². The van der Waals surface area contributed by atoms with E-state index in [9.17, 15) is 4.79 Å². The molecule has 0 aliphatic heterocycles. The van der Waals surface area contributed by atoms with Crippen molar-refractivity contribution in [2.24, 2.45) is 0 Å². The van der Waals surface area contributed by atoms with Crippen LogP contribution in [0, 0.1) is 0 Å². The minimum absolute atomic E-state index is 0.0264. The zero-order valence-corrected chi connectivity index (χ0v) is 20.3. The Kier molecular flexibility index (Phi) is 6.82. The van der Waals surface area contributed by atoms with E-state index in [0.29, 0.717) is 17.5 Å². The molecular weight excluding hydrogens is 464 g/mol. The Hall–Kier alpha value is -3.30. The third kappa shape index (κ3) is 4.67. The lowest BCUT2D eigenvalue weighted by Gasteiger charge is -2.18. The lowest BCUT2D eigenvalue weighted by Crippen LogP contribution is -2.32. The fourth-order valence-corrected chi connectivity index (χ4v) is 5.93. The molecule has 4 aromatic rings. The van der Waals surface area contributed by atoms with Gasteiger partial charge in [-0.1, -0.05) is 36.0 Å². The molecule has 7 nitrogen and oxygen atoms in total. The van der Waals surface area contributed by atoms with Gasteiger partial charge in [-0.05, 0) is 49.9 Å². The summed E-state index contributed by atoms with van der Waals surface area (Å²) in [5.74, 6) is 0.877. The number of pyridine rings is 1. The molecule has 34 heavy (non-hydrogen) atoms. The molecule has 0 spiro atoms. The number of rotatable bonds is 8. The average molecular weight is 489 g/mol. The maximum absolute atomic E-state index is 13.3. The summed E-state index contributed by atoms with van der Waals surface area (Å²) in [6, 6.07) is 13.7. The number of aryl methyl sites for hydroxylation is 2. The molecule has 3 heterocycles. The number of thioether (sulfide) groups is 1. The van der Waals surface area contributed by atoms with Crippen LogP contribution in [0.5, 0.6) is 0 Å². The van der Waals surface area contributed by atoms with Crippen molar-refractivity contribution in [2.75, 3.05) is 17.2 Å². The molecular formula is C25H24N6OS2. The lowest BCUT2D eigenvalue weighted by atomic mass is 10.0. The minimum atomic E-state index is -0.0264. The fraction of sp³-hybridized carbons (Fsp3) is 0.240. The average Bonchev–Trinajstić information content (AvgIpc) is 3.51. The Balaban J connectivity index is 1.41. The topological polar surface area (TPSA) is 76.8 Å². The highest BCUT2D eigenvalue weighted by Crippen LogP contribution is 2.33. The van der Waals surface area contributed by atoms with Gasteiger partial charge in [0, 0.05) is 35.1 Å². The second kappa shape index (κ2) is 10.3. The first-order chi connectivity index (χ1) is 16.7. The van der Waals surface area contributed by atoms with E-state index in [1.54, 1.807) is 34.7 Å². The molecule has 3 aromatic heterocycles. The molecule has 1 aliphatic rings. The molecule has 9 heteroatoms. The van der Waals surface area contributed by atoms with Gasteiger partial charge < -0.3 is 0 Å². The predicted octanol–water partition coefficient (Wildman–Crippen LogP) is 4.98. The number of carbonyl (C=O) groups is 1. The van der Waals surface area contributed by atoms with Crippen LogP contribution < -0.4 is 4.90 Å². The largest absolute Gasteiger partial charge is 0.284 e. The quantitative estimate of drug-likeness (QED) is 0.257. The number of hydrogen-bond acceptors (Lipinski definition) is 7. The number of amides is 1. The van der Waals surface area contributed by atoms with E-state index < -0.39 is 0 Å². The SMILES string of the molecule is C=CCN(C(=O)CSc1nnc(-c2cccnc2)n1-c1ccccc1)c1nc2c(s1)CCCC2. The van der Waals surface area contributed by atoms with Gasteiger partial charge in [0.1, 0.15) is 0 Å². The van der Waals surface area contributed by atoms with Crippen LogP contribution in [0.3, 0.4) is 0 Å². The van der Waals surface area contributed by atoms with Gasteiger partial charge in [0.05, 0.1) is 11.4 Å². The van der Waals surface area contributed by atoms with Crippen molar-refractivity contribution in [3.63, 3.8) is 0 Å². The van der Waals surface area contributed by atoms with Gasteiger partial charge >= 0.3 is 0 Å². The molecule has 0 atom stereocenters. The Labute approximate surface area is 206 Å². The number of thiazole rings is 1. The highest BCUT2D eigenvalue weighted by molar-refractivity contribution is 7.99. The van der Waals surface area contributed by atoms with E-state index in [2.05, 4.69) is 21.8 Å². The summed E-state index contributed by atoms with van der Waals surface area (Å²) in [6.07, 6.45) is 9.63. The van der Waals surface area contributed by atoms with E-state index in [1.165, 1.54) is 23.1 Å². The molecule has 5 rings (SSSR count). The van der Waals surface area contributed by atoms with Gasteiger partial charge in [-0.2, -0.15) is 0 Å². The molecule has 0 saturated carbocycles. The highest BCUT2D eigenvalue weighted by atomic mass is 32.2. The summed E-state index contributed by atoms with van der Waals surface area (Å²) >= 11 is 3.00. The Morgan fingerprint density at radius 3 is 2.76 bits per heavy atom. The standard InChI is InChI=1S/C25H24N6OS2/c1-2-15-30(24-27-20-12-6-7-13-21(20)34-24)22(32)17-33-25-29-28-23(18-9-8-14-26-16-18)31(25)19-10-4-3-5-11-19/h2-5,8-11,14,16H,1,6-7,12-13,15,17H2. The summed E-state index contributed by atoms with van der Waals surface area (Å²) in [6.45, 7) is 4.27. The second-order valence-electron chi connectivity index (χ2n) is 7.87. The van der Waals surface area contributed by atoms with Crippen LogP contribution in [0.1, 0.15) is 23.4 Å². The fourth-order valence-electron chi connectivity index (χ4n) is 3.93. The molecule has 172 valence electrons. The van der Waals surface area contributed by atoms with Gasteiger partial charge in [-0.25, -0.2) is 4.98 Å². The number of fused-ring (bicyclic) bond motifs is 1. The third-order valence-electron chi connectivity index (χ3n) is 5.57. The molecule has 1 amide bonds. The van der Waals surface area contributed by atoms with Gasteiger partial charge in [-0.15, -0.1) is 28.1 Å². The van der Waals surface area contributed by atoms with Crippen LogP contribution in [0.25, 0.3) is 17.1 Å². The zero-order valence-electron chi connectivity index (χ0n) is 18.6. The number of carbonyl (C=O) groups excluding carboxylic acids is 1. The molecule has 0 radical (unpaired) electrons. The maximum atomic E-state index is 13.3. The summed E-state index contributed by atoms with van der Waals surface area (Å²) < 4.78 is 1.97. The van der Waals surface area contributed by atoms with Crippen molar-refractivity contribution in [3.8, 4) is 17.1 Å². The van der Waals surface area contributed by atoms with Crippen molar-refractivity contribution >= 4 is 34.1 Å². The van der Waals surface area contributed by atoms with Crippen LogP contribution in [0.15, 0.2) is 72.7 Å². The molecule has 1 aromatic carbocycles. The number of para-hydroxylation sites is 1. The van der Waals surface area contributed by atoms with Gasteiger partial charge in [0.2, 0.25) is 5.91 Å². The van der Waals surface area contributed by atoms with Gasteiger partial charge in [0.15, 0.2) is 16.1 Å². The monoisotopic (exact) mass is 488 g/mol. The smallest absolute Gasteiger partial charge is 0.239 e. The van der Waals surface area contributed by atoms with E-state index in [-0.39, 0.29) is 11.7 Å². The van der Waals surface area contributed by atoms with Crippen LogP contribution in [-0.2, 0) is 17.6 Å². The number of anilines is 1. The summed E-state index contributed by atoms with van der Waals surface area (Å²) in [7, 11) is 0. The number of hydrogen-bond donors (Lipinski definition) is 0. The van der Waals surface area contributed by atoms with Crippen molar-refractivity contribution in [3.05, 3.63) is 78.1 Å². The normalized spacial score (nSPS) is 12.8. The Morgan fingerprint density at radius 1 is 1.15 bits per heavy atom. The second-order valence-corrected chi connectivity index (χ2v) is 9.88. The third-order valence-corrected chi connectivity index (χ3v) is 7.66. The first kappa shape index (κ1) is 22.5. The first-order valence-corrected chi connectivity index (χ1v) is 13.0. The van der Waals surface area contributed by atoms with Crippen molar-refractivity contribution in [2.45, 2.75) is 30.8 Å². The number of nitrogens with zero attached hydrogens (tertiary/aromatic N) is 6. The highest BCUT2D eigenvalue weighted by Gasteiger charge is 2.24. The summed E-state index contributed by atoms with van der Waals surface area (Å²) in [5.41, 5.74) is 2.93. The summed E-state index contributed by atoms with van der Waals surface area (Å²) in [5, 5.41) is 10.3. The zero-order chi connectivity index (χ0) is 23.3. The van der Waals surface area contributed by atoms with E-state index in [1.807, 2.05) is 47.0 Å². The first-order valence-electron chi connectivity index (χ1n) is 11.2. The molecule has 0 unspecified atom stereocenters. The molecule has 0 bridgehead atoms. The van der Waals surface area contributed by atoms with Crippen molar-refractivity contribution in [1.82, 2.24) is 24.7 Å². The number of benzene rings is 1. The molecule has 0 fully saturated rings. The Morgan fingerprint density at radius 2 is 2.00 bits per heavy atom. The van der Waals surface area contributed by atoms with Gasteiger partial charge in [-0.3, -0.25) is 19.2 Å². The molecule has 0 N–H and O–H groups in total. The van der Waals surface area contributed by atoms with E-state index >= 15 is 0 Å². The predicted molar refractivity (Wildman–Crippen MR) is 137 cm³/mol. The van der Waals surface area contributed by atoms with Crippen molar-refractivity contribution in [1.29, 1.82) is 0 Å². The van der Waals surface area contributed by atoms with Crippen molar-refractivity contribution < 1.29 is 4.79 Å². The molecule has 1 aliphatic carbocycles. The maximum Gasteiger partial charge on any atom is 0.239 e. The lowest BCUT2D eigenvalue weighted by molar-refractivity contribution is -0.116. The number of aromatic nitrogens is 5. The van der Waals surface area contributed by atoms with E-state index in [4.69, 9.17) is 4.98 Å². The van der Waals surface area contributed by atoms with Crippen LogP contribution >= 0.6 is 23.1 Å². The van der Waals surface area contributed by atoms with Crippen LogP contribution in [0.4, 0.5) is 5.13 Å². The minimum Gasteiger partial charge on any atom is -0.284 e. The molecule has 0 saturated heterocycles. The van der Waals surface area contributed by atoms with Gasteiger partial charge in [0.25, 0.3) is 0 Å². The van der Waals surface area contributed by atoms with Crippen LogP contribution in [-0.4, -0.2) is 42.9 Å². The Bertz CT molecular complexity index is 1260. The summed E-state index contributed by atoms with van der Waals surface area (Å²) in [4.78, 5) is 25.3.